The Balaban J connectivity index is 1.99. The summed E-state index contributed by atoms with van der Waals surface area (Å²) in [5, 5.41) is 14.0. The number of nitrogens with one attached hydrogen (secondary N) is 1. The zero-order valence-electron chi connectivity index (χ0n) is 15.0. The zero-order valence-corrected chi connectivity index (χ0v) is 15.0. The van der Waals surface area contributed by atoms with Crippen LogP contribution in [-0.2, 0) is 4.74 Å². The van der Waals surface area contributed by atoms with E-state index in [1.165, 1.54) is 0 Å². The van der Waals surface area contributed by atoms with Gasteiger partial charge in [-0.05, 0) is 29.0 Å². The van der Waals surface area contributed by atoms with E-state index in [-0.39, 0.29) is 29.7 Å². The second kappa shape index (κ2) is 6.73. The highest BCUT2D eigenvalue weighted by Gasteiger charge is 2.39. The molecule has 2 fully saturated rings. The van der Waals surface area contributed by atoms with Crippen LogP contribution >= 0.6 is 0 Å². The fourth-order valence-corrected chi connectivity index (χ4v) is 3.61. The third-order valence-corrected chi connectivity index (χ3v) is 5.13. The number of aromatic hydroxyl groups is 1. The van der Waals surface area contributed by atoms with Crippen LogP contribution in [0.15, 0.2) is 12.1 Å². The molecule has 0 radical (unpaired) electrons. The Morgan fingerprint density at radius 3 is 2.67 bits per heavy atom. The van der Waals surface area contributed by atoms with E-state index in [2.05, 4.69) is 19.2 Å². The van der Waals surface area contributed by atoms with E-state index in [0.717, 1.165) is 24.2 Å². The number of amides is 1. The second-order valence-corrected chi connectivity index (χ2v) is 7.45. The Morgan fingerprint density at radius 2 is 2.00 bits per heavy atom. The van der Waals surface area contributed by atoms with Crippen molar-refractivity contribution in [1.29, 1.82) is 0 Å². The molecular weight excluding hydrogens is 304 g/mol. The van der Waals surface area contributed by atoms with E-state index in [0.29, 0.717) is 24.6 Å². The molecule has 1 aromatic carbocycles. The topological polar surface area (TPSA) is 61.8 Å². The summed E-state index contributed by atoms with van der Waals surface area (Å²) in [5.41, 5.74) is 2.37. The second-order valence-electron chi connectivity index (χ2n) is 7.45. The van der Waals surface area contributed by atoms with Gasteiger partial charge in [0, 0.05) is 19.6 Å². The lowest BCUT2D eigenvalue weighted by molar-refractivity contribution is -0.0365. The van der Waals surface area contributed by atoms with Crippen LogP contribution in [0.4, 0.5) is 0 Å². The molecule has 5 heteroatoms. The van der Waals surface area contributed by atoms with Crippen LogP contribution in [0.3, 0.4) is 0 Å². The summed E-state index contributed by atoms with van der Waals surface area (Å²) in [6, 6.07) is 3.94. The van der Waals surface area contributed by atoms with Crippen molar-refractivity contribution < 1.29 is 14.6 Å². The number of phenolic OH excluding ortho intramolecular Hbond substituents is 1. The number of nitrogens with zero attached hydrogens (tertiary/aromatic N) is 1. The first-order valence-corrected chi connectivity index (χ1v) is 8.90. The van der Waals surface area contributed by atoms with Gasteiger partial charge >= 0.3 is 0 Å². The summed E-state index contributed by atoms with van der Waals surface area (Å²) in [7, 11) is 0. The first kappa shape index (κ1) is 17.2. The summed E-state index contributed by atoms with van der Waals surface area (Å²) in [6.45, 7) is 11.0. The normalized spacial score (nSPS) is 23.8. The number of phenols is 1. The van der Waals surface area contributed by atoms with Gasteiger partial charge in [-0.1, -0.05) is 33.8 Å². The Bertz CT molecular complexity index is 627. The minimum absolute atomic E-state index is 0.0517. The molecule has 5 nitrogen and oxygen atoms in total. The quantitative estimate of drug-likeness (QED) is 0.892. The number of benzene rings is 1. The number of carbonyl (C=O) groups excluding carboxylic acids is 1. The third-order valence-electron chi connectivity index (χ3n) is 5.13. The van der Waals surface area contributed by atoms with Gasteiger partial charge < -0.3 is 20.1 Å². The number of carbonyl (C=O) groups is 1. The number of hydrogen-bond donors (Lipinski definition) is 2. The molecule has 3 rings (SSSR count). The van der Waals surface area contributed by atoms with Gasteiger partial charge in [0.1, 0.15) is 5.75 Å². The minimum Gasteiger partial charge on any atom is -0.507 e. The van der Waals surface area contributed by atoms with Crippen molar-refractivity contribution in [3.05, 3.63) is 28.8 Å². The molecule has 0 aliphatic carbocycles. The Kier molecular flexibility index (Phi) is 4.83. The largest absolute Gasteiger partial charge is 0.507 e. The van der Waals surface area contributed by atoms with E-state index in [1.807, 2.05) is 30.9 Å². The van der Waals surface area contributed by atoms with Gasteiger partial charge in [0.25, 0.3) is 5.91 Å². The van der Waals surface area contributed by atoms with Gasteiger partial charge in [0.2, 0.25) is 0 Å². The zero-order chi connectivity index (χ0) is 17.4. The minimum atomic E-state index is -0.0844. The first-order chi connectivity index (χ1) is 11.4. The smallest absolute Gasteiger partial charge is 0.258 e. The van der Waals surface area contributed by atoms with Crippen molar-refractivity contribution in [2.75, 3.05) is 26.2 Å². The van der Waals surface area contributed by atoms with Crippen LogP contribution in [-0.4, -0.2) is 54.3 Å². The number of hydrogen-bond acceptors (Lipinski definition) is 4. The van der Waals surface area contributed by atoms with Crippen LogP contribution < -0.4 is 5.32 Å². The maximum atomic E-state index is 13.2. The van der Waals surface area contributed by atoms with Gasteiger partial charge in [-0.15, -0.1) is 0 Å². The molecule has 0 aromatic heterocycles. The van der Waals surface area contributed by atoms with Crippen molar-refractivity contribution in [3.63, 3.8) is 0 Å². The van der Waals surface area contributed by atoms with Crippen molar-refractivity contribution in [2.45, 2.75) is 51.7 Å². The van der Waals surface area contributed by atoms with E-state index in [9.17, 15) is 9.90 Å². The fourth-order valence-electron chi connectivity index (χ4n) is 3.61. The summed E-state index contributed by atoms with van der Waals surface area (Å²) in [4.78, 5) is 15.1. The molecule has 0 bridgehead atoms. The molecule has 0 saturated carbocycles. The van der Waals surface area contributed by atoms with Crippen molar-refractivity contribution in [3.8, 4) is 5.75 Å². The van der Waals surface area contributed by atoms with E-state index in [1.54, 1.807) is 0 Å². The Morgan fingerprint density at radius 1 is 1.25 bits per heavy atom. The number of ether oxygens (including phenoxy) is 1. The molecule has 2 N–H and O–H groups in total. The standard InChI is InChI=1S/C19H28N2O3/c1-11(2)13-7-14(12(3)4)18(22)15(8-13)19(23)21-5-6-24-17-10-20-9-16(17)21/h7-8,11-12,16-17,20,22H,5-6,9-10H2,1-4H3/t16-,17+/m0/s1. The highest BCUT2D eigenvalue weighted by Crippen LogP contribution is 2.34. The van der Waals surface area contributed by atoms with E-state index in [4.69, 9.17) is 4.74 Å². The molecule has 1 amide bonds. The van der Waals surface area contributed by atoms with Gasteiger partial charge in [0.15, 0.2) is 0 Å². The lowest BCUT2D eigenvalue weighted by Crippen LogP contribution is -2.53. The lowest BCUT2D eigenvalue weighted by atomic mass is 9.91. The maximum absolute atomic E-state index is 13.2. The van der Waals surface area contributed by atoms with Crippen LogP contribution in [0.5, 0.6) is 5.75 Å². The molecule has 24 heavy (non-hydrogen) atoms. The molecule has 0 spiro atoms. The van der Waals surface area contributed by atoms with Crippen LogP contribution in [0.1, 0.15) is 61.0 Å². The van der Waals surface area contributed by atoms with Crippen LogP contribution in [0, 0.1) is 0 Å². The average Bonchev–Trinajstić information content (AvgIpc) is 3.02. The highest BCUT2D eigenvalue weighted by atomic mass is 16.5. The first-order valence-electron chi connectivity index (χ1n) is 8.90. The number of rotatable bonds is 3. The summed E-state index contributed by atoms with van der Waals surface area (Å²) < 4.78 is 5.75. The number of morpholine rings is 1. The molecule has 2 aliphatic rings. The Hall–Kier alpha value is -1.59. The average molecular weight is 332 g/mol. The molecule has 2 atom stereocenters. The van der Waals surface area contributed by atoms with E-state index >= 15 is 0 Å². The van der Waals surface area contributed by atoms with Crippen molar-refractivity contribution in [2.24, 2.45) is 0 Å². The highest BCUT2D eigenvalue weighted by molar-refractivity contribution is 5.98. The molecular formula is C19H28N2O3. The monoisotopic (exact) mass is 332 g/mol. The summed E-state index contributed by atoms with van der Waals surface area (Å²) in [5.74, 6) is 0.522. The molecule has 0 unspecified atom stereocenters. The molecule has 2 saturated heterocycles. The van der Waals surface area contributed by atoms with E-state index < -0.39 is 0 Å². The van der Waals surface area contributed by atoms with Gasteiger partial charge in [-0.2, -0.15) is 0 Å². The predicted molar refractivity (Wildman–Crippen MR) is 93.7 cm³/mol. The lowest BCUT2D eigenvalue weighted by Gasteiger charge is -2.37. The van der Waals surface area contributed by atoms with Crippen molar-refractivity contribution in [1.82, 2.24) is 10.2 Å². The van der Waals surface area contributed by atoms with Gasteiger partial charge in [-0.3, -0.25) is 4.79 Å². The SMILES string of the molecule is CC(C)c1cc(C(=O)N2CCO[C@@H]3CNC[C@@H]32)c(O)c(C(C)C)c1. The summed E-state index contributed by atoms with van der Waals surface area (Å²) >= 11 is 0. The predicted octanol–water partition coefficient (Wildman–Crippen LogP) is 2.45. The van der Waals surface area contributed by atoms with Gasteiger partial charge in [0.05, 0.1) is 24.3 Å². The van der Waals surface area contributed by atoms with Crippen LogP contribution in [0.25, 0.3) is 0 Å². The molecule has 2 heterocycles. The summed E-state index contributed by atoms with van der Waals surface area (Å²) in [6.07, 6.45) is 0.0580. The number of fused-ring (bicyclic) bond motifs is 1. The maximum Gasteiger partial charge on any atom is 0.258 e. The molecule has 132 valence electrons. The van der Waals surface area contributed by atoms with Crippen molar-refractivity contribution >= 4 is 5.91 Å². The van der Waals surface area contributed by atoms with Gasteiger partial charge in [-0.25, -0.2) is 0 Å². The Labute approximate surface area is 144 Å². The molecule has 2 aliphatic heterocycles. The van der Waals surface area contributed by atoms with Crippen LogP contribution in [0.2, 0.25) is 0 Å². The third kappa shape index (κ3) is 3.03. The fraction of sp³-hybridized carbons (Fsp3) is 0.632. The molecule has 1 aromatic rings.